The molecule has 0 bridgehead atoms. The molecular weight excluding hydrogens is 278 g/mol. The fourth-order valence-electron chi connectivity index (χ4n) is 2.00. The van der Waals surface area contributed by atoms with E-state index in [0.29, 0.717) is 30.1 Å². The molecule has 1 aliphatic rings. The van der Waals surface area contributed by atoms with Gasteiger partial charge < -0.3 is 4.90 Å². The van der Waals surface area contributed by atoms with Gasteiger partial charge in [0.05, 0.1) is 0 Å². The molecule has 0 aromatic heterocycles. The van der Waals surface area contributed by atoms with Gasteiger partial charge >= 0.3 is 0 Å². The minimum absolute atomic E-state index is 0.0738. The summed E-state index contributed by atoms with van der Waals surface area (Å²) in [5.74, 6) is -0.250. The number of nitrogens with zero attached hydrogens (tertiary/aromatic N) is 3. The van der Waals surface area contributed by atoms with Gasteiger partial charge in [0.15, 0.2) is 0 Å². The van der Waals surface area contributed by atoms with E-state index in [2.05, 4.69) is 5.10 Å². The van der Waals surface area contributed by atoms with Crippen LogP contribution in [0.5, 0.6) is 0 Å². The molecule has 20 heavy (non-hydrogen) atoms. The first kappa shape index (κ1) is 14.5. The molecular formula is C14H16ClN3O2. The number of halogens is 1. The Morgan fingerprint density at radius 3 is 2.75 bits per heavy atom. The largest absolute Gasteiger partial charge is 0.336 e. The van der Waals surface area contributed by atoms with E-state index in [4.69, 9.17) is 11.6 Å². The Morgan fingerprint density at radius 2 is 2.10 bits per heavy atom. The maximum absolute atomic E-state index is 12.3. The third-order valence-electron chi connectivity index (χ3n) is 3.17. The quantitative estimate of drug-likeness (QED) is 0.855. The summed E-state index contributed by atoms with van der Waals surface area (Å²) in [5, 5.41) is 5.88. The van der Waals surface area contributed by atoms with Gasteiger partial charge in [-0.15, -0.1) is 0 Å². The molecule has 0 fully saturated rings. The van der Waals surface area contributed by atoms with E-state index in [9.17, 15) is 9.59 Å². The van der Waals surface area contributed by atoms with Crippen LogP contribution in [0.2, 0.25) is 5.02 Å². The predicted octanol–water partition coefficient (Wildman–Crippen LogP) is 1.91. The number of hydrazone groups is 1. The van der Waals surface area contributed by atoms with Crippen molar-refractivity contribution in [1.82, 2.24) is 9.91 Å². The summed E-state index contributed by atoms with van der Waals surface area (Å²) in [5.41, 5.74) is 1.28. The number of hydrogen-bond acceptors (Lipinski definition) is 3. The van der Waals surface area contributed by atoms with Crippen LogP contribution >= 0.6 is 11.6 Å². The summed E-state index contributed by atoms with van der Waals surface area (Å²) < 4.78 is 0. The average Bonchev–Trinajstić information content (AvgIpc) is 2.43. The second-order valence-electron chi connectivity index (χ2n) is 4.72. The first-order valence-electron chi connectivity index (χ1n) is 6.32. The van der Waals surface area contributed by atoms with E-state index in [-0.39, 0.29) is 11.8 Å². The molecule has 5 nitrogen and oxygen atoms in total. The van der Waals surface area contributed by atoms with Crippen LogP contribution < -0.4 is 0 Å². The Hall–Kier alpha value is -1.88. The lowest BCUT2D eigenvalue weighted by Crippen LogP contribution is -2.38. The lowest BCUT2D eigenvalue weighted by atomic mass is 10.1. The maximum atomic E-state index is 12.3. The Bertz CT molecular complexity index is 571. The fraction of sp³-hybridized carbons (Fsp3) is 0.357. The molecule has 0 radical (unpaired) electrons. The van der Waals surface area contributed by atoms with Gasteiger partial charge in [-0.1, -0.05) is 29.8 Å². The molecule has 0 spiro atoms. The molecule has 0 unspecified atom stereocenters. The van der Waals surface area contributed by atoms with Crippen LogP contribution in [-0.2, 0) is 16.1 Å². The average molecular weight is 294 g/mol. The molecule has 0 saturated carbocycles. The number of carbonyl (C=O) groups excluding carboxylic acids is 2. The Labute approximate surface area is 122 Å². The summed E-state index contributed by atoms with van der Waals surface area (Å²) in [4.78, 5) is 25.2. The lowest BCUT2D eigenvalue weighted by Gasteiger charge is -2.23. The van der Waals surface area contributed by atoms with E-state index in [1.807, 2.05) is 18.2 Å². The van der Waals surface area contributed by atoms with Crippen molar-refractivity contribution < 1.29 is 9.59 Å². The molecule has 0 atom stereocenters. The van der Waals surface area contributed by atoms with E-state index in [0.717, 1.165) is 5.56 Å². The van der Waals surface area contributed by atoms with Crippen molar-refractivity contribution in [3.8, 4) is 0 Å². The summed E-state index contributed by atoms with van der Waals surface area (Å²) in [6, 6.07) is 7.40. The number of amides is 2. The Morgan fingerprint density at radius 1 is 1.40 bits per heavy atom. The minimum Gasteiger partial charge on any atom is -0.336 e. The smallest absolute Gasteiger partial charge is 0.270 e. The lowest BCUT2D eigenvalue weighted by molar-refractivity contribution is -0.130. The van der Waals surface area contributed by atoms with Gasteiger partial charge in [-0.2, -0.15) is 5.10 Å². The first-order chi connectivity index (χ1) is 9.49. The van der Waals surface area contributed by atoms with Crippen molar-refractivity contribution in [2.24, 2.45) is 5.10 Å². The summed E-state index contributed by atoms with van der Waals surface area (Å²) >= 11 is 6.08. The van der Waals surface area contributed by atoms with Gasteiger partial charge in [-0.3, -0.25) is 9.59 Å². The number of hydrogen-bond donors (Lipinski definition) is 0. The number of carbonyl (C=O) groups is 2. The normalized spacial score (nSPS) is 15.1. The number of rotatable bonds is 3. The highest BCUT2D eigenvalue weighted by atomic mass is 35.5. The zero-order valence-electron chi connectivity index (χ0n) is 11.5. The molecule has 106 valence electrons. The van der Waals surface area contributed by atoms with Crippen LogP contribution in [0.25, 0.3) is 0 Å². The van der Waals surface area contributed by atoms with Gasteiger partial charge in [0.2, 0.25) is 5.91 Å². The van der Waals surface area contributed by atoms with Crippen molar-refractivity contribution in [2.45, 2.75) is 19.4 Å². The molecule has 1 aromatic rings. The molecule has 6 heteroatoms. The van der Waals surface area contributed by atoms with Crippen LogP contribution in [0.15, 0.2) is 29.4 Å². The monoisotopic (exact) mass is 293 g/mol. The van der Waals surface area contributed by atoms with Gasteiger partial charge in [0, 0.05) is 38.5 Å². The zero-order valence-corrected chi connectivity index (χ0v) is 12.2. The molecule has 0 N–H and O–H groups in total. The molecule has 1 heterocycles. The predicted molar refractivity (Wildman–Crippen MR) is 77.4 cm³/mol. The van der Waals surface area contributed by atoms with Gasteiger partial charge in [-0.25, -0.2) is 5.01 Å². The molecule has 1 aromatic carbocycles. The Balaban J connectivity index is 2.08. The van der Waals surface area contributed by atoms with Crippen LogP contribution in [0, 0.1) is 0 Å². The van der Waals surface area contributed by atoms with Gasteiger partial charge in [-0.05, 0) is 11.6 Å². The first-order valence-corrected chi connectivity index (χ1v) is 6.69. The van der Waals surface area contributed by atoms with Crippen LogP contribution in [0.3, 0.4) is 0 Å². The zero-order chi connectivity index (χ0) is 14.7. The summed E-state index contributed by atoms with van der Waals surface area (Å²) in [7, 11) is 3.26. The van der Waals surface area contributed by atoms with E-state index < -0.39 is 0 Å². The molecule has 2 rings (SSSR count). The second kappa shape index (κ2) is 6.05. The summed E-state index contributed by atoms with van der Waals surface area (Å²) in [6.07, 6.45) is 0.704. The number of benzene rings is 1. The Kier molecular flexibility index (Phi) is 4.39. The highest BCUT2D eigenvalue weighted by Crippen LogP contribution is 2.17. The standard InChI is InChI=1S/C14H16ClN3O2/c1-17(9-10-5-3-4-6-11(10)15)14(20)12-7-8-13(19)18(2)16-12/h3-6H,7-9H2,1-2H3. The van der Waals surface area contributed by atoms with E-state index in [1.165, 1.54) is 5.01 Å². The topological polar surface area (TPSA) is 53.0 Å². The maximum Gasteiger partial charge on any atom is 0.270 e. The fourth-order valence-corrected chi connectivity index (χ4v) is 2.19. The second-order valence-corrected chi connectivity index (χ2v) is 5.12. The van der Waals surface area contributed by atoms with Crippen molar-refractivity contribution >= 4 is 29.1 Å². The van der Waals surface area contributed by atoms with Crippen molar-refractivity contribution in [3.05, 3.63) is 34.9 Å². The van der Waals surface area contributed by atoms with Crippen molar-refractivity contribution in [3.63, 3.8) is 0 Å². The van der Waals surface area contributed by atoms with Gasteiger partial charge in [0.25, 0.3) is 5.91 Å². The third-order valence-corrected chi connectivity index (χ3v) is 3.53. The van der Waals surface area contributed by atoms with Crippen LogP contribution in [-0.4, -0.2) is 41.5 Å². The molecule has 1 aliphatic heterocycles. The van der Waals surface area contributed by atoms with Crippen molar-refractivity contribution in [1.29, 1.82) is 0 Å². The van der Waals surface area contributed by atoms with E-state index >= 15 is 0 Å². The third kappa shape index (κ3) is 3.17. The minimum atomic E-state index is -0.177. The molecule has 0 aliphatic carbocycles. The highest BCUT2D eigenvalue weighted by Gasteiger charge is 2.24. The van der Waals surface area contributed by atoms with Crippen LogP contribution in [0.1, 0.15) is 18.4 Å². The molecule has 0 saturated heterocycles. The van der Waals surface area contributed by atoms with Crippen LogP contribution in [0.4, 0.5) is 0 Å². The molecule has 2 amide bonds. The highest BCUT2D eigenvalue weighted by molar-refractivity contribution is 6.39. The van der Waals surface area contributed by atoms with E-state index in [1.54, 1.807) is 25.1 Å². The van der Waals surface area contributed by atoms with Gasteiger partial charge in [0.1, 0.15) is 5.71 Å². The SMILES string of the molecule is CN(Cc1ccccc1Cl)C(=O)C1=NN(C)C(=O)CC1. The summed E-state index contributed by atoms with van der Waals surface area (Å²) in [6.45, 7) is 0.412. The van der Waals surface area contributed by atoms with Crippen molar-refractivity contribution in [2.75, 3.05) is 14.1 Å².